The Hall–Kier alpha value is -1.43. The van der Waals surface area contributed by atoms with Gasteiger partial charge in [0, 0.05) is 5.41 Å². The van der Waals surface area contributed by atoms with Crippen LogP contribution in [0.1, 0.15) is 43.1 Å². The molecule has 0 radical (unpaired) electrons. The van der Waals surface area contributed by atoms with E-state index in [0.717, 1.165) is 11.3 Å². The van der Waals surface area contributed by atoms with Crippen molar-refractivity contribution in [3.8, 4) is 0 Å². The lowest BCUT2D eigenvalue weighted by atomic mass is 9.96. The number of nitrogens with one attached hydrogen (secondary N) is 1. The summed E-state index contributed by atoms with van der Waals surface area (Å²) in [5, 5.41) is 3.13. The first kappa shape index (κ1) is 14.6. The SMILES string of the molecule is CCOC(=O)c1sc(NC(=O)C(C)(C)C)nc1C. The molecule has 0 aliphatic rings. The van der Waals surface area contributed by atoms with Crippen LogP contribution in [-0.4, -0.2) is 23.5 Å². The Morgan fingerprint density at radius 3 is 2.50 bits per heavy atom. The van der Waals surface area contributed by atoms with E-state index < -0.39 is 11.4 Å². The molecule has 0 aliphatic carbocycles. The number of hydrogen-bond acceptors (Lipinski definition) is 5. The molecule has 18 heavy (non-hydrogen) atoms. The highest BCUT2D eigenvalue weighted by Crippen LogP contribution is 2.25. The maximum atomic E-state index is 11.8. The van der Waals surface area contributed by atoms with Crippen LogP contribution in [0.4, 0.5) is 5.13 Å². The van der Waals surface area contributed by atoms with E-state index in [9.17, 15) is 9.59 Å². The number of carbonyl (C=O) groups excluding carboxylic acids is 2. The predicted octanol–water partition coefficient (Wildman–Crippen LogP) is 2.61. The minimum atomic E-state index is -0.496. The Balaban J connectivity index is 2.85. The van der Waals surface area contributed by atoms with Gasteiger partial charge in [0.1, 0.15) is 4.88 Å². The molecule has 5 nitrogen and oxygen atoms in total. The van der Waals surface area contributed by atoms with Gasteiger partial charge in [0.15, 0.2) is 5.13 Å². The number of esters is 1. The zero-order chi connectivity index (χ0) is 13.9. The smallest absolute Gasteiger partial charge is 0.350 e. The highest BCUT2D eigenvalue weighted by molar-refractivity contribution is 7.17. The first-order valence-electron chi connectivity index (χ1n) is 5.71. The van der Waals surface area contributed by atoms with Gasteiger partial charge in [-0.05, 0) is 13.8 Å². The van der Waals surface area contributed by atoms with Crippen LogP contribution in [0.3, 0.4) is 0 Å². The minimum Gasteiger partial charge on any atom is -0.462 e. The maximum Gasteiger partial charge on any atom is 0.350 e. The van der Waals surface area contributed by atoms with Crippen LogP contribution in [0.2, 0.25) is 0 Å². The molecule has 0 bridgehead atoms. The molecule has 0 fully saturated rings. The summed E-state index contributed by atoms with van der Waals surface area (Å²) in [5.41, 5.74) is 0.0755. The van der Waals surface area contributed by atoms with Crippen molar-refractivity contribution < 1.29 is 14.3 Å². The highest BCUT2D eigenvalue weighted by Gasteiger charge is 2.24. The van der Waals surface area contributed by atoms with Gasteiger partial charge in [0.25, 0.3) is 0 Å². The van der Waals surface area contributed by atoms with Gasteiger partial charge in [-0.1, -0.05) is 32.1 Å². The van der Waals surface area contributed by atoms with Gasteiger partial charge in [-0.3, -0.25) is 4.79 Å². The van der Waals surface area contributed by atoms with Crippen molar-refractivity contribution in [2.24, 2.45) is 5.41 Å². The first-order valence-corrected chi connectivity index (χ1v) is 6.53. The van der Waals surface area contributed by atoms with Gasteiger partial charge < -0.3 is 10.1 Å². The predicted molar refractivity (Wildman–Crippen MR) is 70.9 cm³/mol. The molecule has 1 heterocycles. The summed E-state index contributed by atoms with van der Waals surface area (Å²) in [6, 6.07) is 0. The van der Waals surface area contributed by atoms with Gasteiger partial charge in [-0.25, -0.2) is 9.78 Å². The van der Waals surface area contributed by atoms with Crippen LogP contribution in [0, 0.1) is 12.3 Å². The first-order chi connectivity index (χ1) is 8.25. The third-order valence-electron chi connectivity index (χ3n) is 2.16. The van der Waals surface area contributed by atoms with Crippen molar-refractivity contribution in [1.82, 2.24) is 4.98 Å². The molecule has 0 saturated carbocycles. The summed E-state index contributed by atoms with van der Waals surface area (Å²) in [7, 11) is 0. The molecule has 1 rings (SSSR count). The fourth-order valence-corrected chi connectivity index (χ4v) is 1.98. The van der Waals surface area contributed by atoms with Crippen molar-refractivity contribution in [2.75, 3.05) is 11.9 Å². The zero-order valence-electron chi connectivity index (χ0n) is 11.3. The van der Waals surface area contributed by atoms with Gasteiger partial charge in [-0.2, -0.15) is 0 Å². The van der Waals surface area contributed by atoms with Gasteiger partial charge in [0.2, 0.25) is 5.91 Å². The lowest BCUT2D eigenvalue weighted by molar-refractivity contribution is -0.123. The molecule has 0 aliphatic heterocycles. The second kappa shape index (κ2) is 5.48. The maximum absolute atomic E-state index is 11.8. The monoisotopic (exact) mass is 270 g/mol. The van der Waals surface area contributed by atoms with Crippen LogP contribution in [0.25, 0.3) is 0 Å². The molecule has 6 heteroatoms. The van der Waals surface area contributed by atoms with Gasteiger partial charge in [-0.15, -0.1) is 0 Å². The fraction of sp³-hybridized carbons (Fsp3) is 0.583. The molecule has 0 unspecified atom stereocenters. The number of aryl methyl sites for hydroxylation is 1. The summed E-state index contributed by atoms with van der Waals surface area (Å²) in [5.74, 6) is -0.532. The molecular formula is C12H18N2O3S. The summed E-state index contributed by atoms with van der Waals surface area (Å²) >= 11 is 1.13. The molecule has 0 aromatic carbocycles. The molecule has 0 atom stereocenters. The van der Waals surface area contributed by atoms with E-state index in [4.69, 9.17) is 4.74 Å². The summed E-state index contributed by atoms with van der Waals surface area (Å²) in [4.78, 5) is 28.0. The number of rotatable bonds is 3. The molecule has 1 amide bonds. The van der Waals surface area contributed by atoms with Crippen molar-refractivity contribution >= 4 is 28.3 Å². The topological polar surface area (TPSA) is 68.3 Å². The van der Waals surface area contributed by atoms with Gasteiger partial charge >= 0.3 is 5.97 Å². The lowest BCUT2D eigenvalue weighted by Gasteiger charge is -2.15. The number of anilines is 1. The normalized spacial score (nSPS) is 11.2. The Kier molecular flexibility index (Phi) is 4.45. The second-order valence-corrected chi connectivity index (χ2v) is 5.86. The minimum absolute atomic E-state index is 0.133. The third kappa shape index (κ3) is 3.53. The molecule has 100 valence electrons. The van der Waals surface area contributed by atoms with E-state index in [-0.39, 0.29) is 5.91 Å². The molecule has 0 spiro atoms. The number of hydrogen-bond donors (Lipinski definition) is 1. The summed E-state index contributed by atoms with van der Waals surface area (Å²) in [6.07, 6.45) is 0. The fourth-order valence-electron chi connectivity index (χ4n) is 1.12. The zero-order valence-corrected chi connectivity index (χ0v) is 12.1. The molecule has 0 saturated heterocycles. The Morgan fingerprint density at radius 1 is 1.39 bits per heavy atom. The lowest BCUT2D eigenvalue weighted by Crippen LogP contribution is -2.27. The van der Waals surface area contributed by atoms with Crippen LogP contribution < -0.4 is 5.32 Å². The number of carbonyl (C=O) groups is 2. The van der Waals surface area contributed by atoms with E-state index in [0.29, 0.717) is 22.3 Å². The summed E-state index contributed by atoms with van der Waals surface area (Å²) < 4.78 is 4.91. The van der Waals surface area contributed by atoms with Crippen LogP contribution in [-0.2, 0) is 9.53 Å². The number of amides is 1. The largest absolute Gasteiger partial charge is 0.462 e. The molecule has 1 aromatic heterocycles. The van der Waals surface area contributed by atoms with Gasteiger partial charge in [0.05, 0.1) is 12.3 Å². The van der Waals surface area contributed by atoms with E-state index in [1.807, 2.05) is 20.8 Å². The number of nitrogens with zero attached hydrogens (tertiary/aromatic N) is 1. The van der Waals surface area contributed by atoms with E-state index in [2.05, 4.69) is 10.3 Å². The standard InChI is InChI=1S/C12H18N2O3S/c1-6-17-9(15)8-7(2)13-11(18-8)14-10(16)12(3,4)5/h6H2,1-5H3,(H,13,14,16). The number of aromatic nitrogens is 1. The van der Waals surface area contributed by atoms with Crippen LogP contribution in [0.5, 0.6) is 0 Å². The average Bonchev–Trinajstić information content (AvgIpc) is 2.58. The molecule has 1 aromatic rings. The van der Waals surface area contributed by atoms with E-state index in [1.165, 1.54) is 0 Å². The second-order valence-electron chi connectivity index (χ2n) is 4.86. The Labute approximate surface area is 111 Å². The molecular weight excluding hydrogens is 252 g/mol. The number of thiazole rings is 1. The van der Waals surface area contributed by atoms with Crippen molar-refractivity contribution in [1.29, 1.82) is 0 Å². The highest BCUT2D eigenvalue weighted by atomic mass is 32.1. The number of ether oxygens (including phenoxy) is 1. The van der Waals surface area contributed by atoms with Crippen molar-refractivity contribution in [3.63, 3.8) is 0 Å². The Morgan fingerprint density at radius 2 is 2.00 bits per heavy atom. The molecule has 1 N–H and O–H groups in total. The van der Waals surface area contributed by atoms with Crippen molar-refractivity contribution in [3.05, 3.63) is 10.6 Å². The van der Waals surface area contributed by atoms with E-state index in [1.54, 1.807) is 13.8 Å². The quantitative estimate of drug-likeness (QED) is 0.857. The Bertz CT molecular complexity index is 460. The van der Waals surface area contributed by atoms with Crippen LogP contribution in [0.15, 0.2) is 0 Å². The average molecular weight is 270 g/mol. The third-order valence-corrected chi connectivity index (χ3v) is 3.21. The van der Waals surface area contributed by atoms with Crippen molar-refractivity contribution in [2.45, 2.75) is 34.6 Å². The van der Waals surface area contributed by atoms with Crippen LogP contribution >= 0.6 is 11.3 Å². The van der Waals surface area contributed by atoms with E-state index >= 15 is 0 Å². The summed E-state index contributed by atoms with van der Waals surface area (Å²) in [6.45, 7) is 9.23.